The highest BCUT2D eigenvalue weighted by molar-refractivity contribution is 5.80. The summed E-state index contributed by atoms with van der Waals surface area (Å²) in [6.45, 7) is 6.09. The third-order valence-electron chi connectivity index (χ3n) is 2.28. The van der Waals surface area contributed by atoms with Gasteiger partial charge in [-0.05, 0) is 6.92 Å². The third-order valence-corrected chi connectivity index (χ3v) is 2.28. The van der Waals surface area contributed by atoms with E-state index in [1.54, 1.807) is 7.11 Å². The molecule has 0 saturated carbocycles. The Labute approximate surface area is 84.8 Å². The maximum atomic E-state index is 11.6. The van der Waals surface area contributed by atoms with Gasteiger partial charge in [0, 0.05) is 39.8 Å². The number of nitrogens with one attached hydrogen (secondary N) is 2. The van der Waals surface area contributed by atoms with Gasteiger partial charge in [0.2, 0.25) is 0 Å². The van der Waals surface area contributed by atoms with E-state index in [0.29, 0.717) is 6.54 Å². The van der Waals surface area contributed by atoms with Crippen LogP contribution in [0.4, 0.5) is 0 Å². The van der Waals surface area contributed by atoms with Crippen LogP contribution < -0.4 is 10.6 Å². The zero-order valence-electron chi connectivity index (χ0n) is 8.88. The van der Waals surface area contributed by atoms with E-state index in [0.717, 1.165) is 26.2 Å². The van der Waals surface area contributed by atoms with Crippen molar-refractivity contribution in [3.63, 3.8) is 0 Å². The molecule has 0 aromatic rings. The first kappa shape index (κ1) is 11.4. The van der Waals surface area contributed by atoms with Gasteiger partial charge in [-0.2, -0.15) is 0 Å². The number of methoxy groups -OCH3 is 1. The van der Waals surface area contributed by atoms with Crippen LogP contribution in [0.2, 0.25) is 0 Å². The summed E-state index contributed by atoms with van der Waals surface area (Å²) in [5.74, 6) is -0.0445. The fraction of sp³-hybridized carbons (Fsp3) is 0.889. The molecule has 1 fully saturated rings. The predicted molar refractivity (Wildman–Crippen MR) is 53.9 cm³/mol. The van der Waals surface area contributed by atoms with E-state index in [-0.39, 0.29) is 5.91 Å². The third kappa shape index (κ3) is 2.94. The van der Waals surface area contributed by atoms with E-state index in [2.05, 4.69) is 10.6 Å². The minimum Gasteiger partial charge on any atom is -0.357 e. The highest BCUT2D eigenvalue weighted by Crippen LogP contribution is 2.02. The zero-order chi connectivity index (χ0) is 10.4. The number of piperazine rings is 1. The van der Waals surface area contributed by atoms with Crippen LogP contribution in [0.1, 0.15) is 6.92 Å². The van der Waals surface area contributed by atoms with Crippen molar-refractivity contribution in [1.82, 2.24) is 15.5 Å². The van der Waals surface area contributed by atoms with Gasteiger partial charge in [-0.25, -0.2) is 0 Å². The molecule has 2 N–H and O–H groups in total. The molecule has 82 valence electrons. The molecule has 0 bridgehead atoms. The minimum absolute atomic E-state index is 0.0445. The summed E-state index contributed by atoms with van der Waals surface area (Å²) in [4.78, 5) is 13.6. The molecule has 0 aromatic heterocycles. The summed E-state index contributed by atoms with van der Waals surface area (Å²) < 4.78 is 5.19. The smallest absolute Gasteiger partial charge is 0.264 e. The van der Waals surface area contributed by atoms with Gasteiger partial charge in [-0.3, -0.25) is 9.69 Å². The molecule has 5 nitrogen and oxygen atoms in total. The molecular weight excluding hydrogens is 182 g/mol. The minimum atomic E-state index is -0.433. The molecule has 1 rings (SSSR count). The molecule has 5 heteroatoms. The molecular formula is C9H19N3O2. The Bertz CT molecular complexity index is 181. The summed E-state index contributed by atoms with van der Waals surface area (Å²) in [5, 5.41) is 6.00. The highest BCUT2D eigenvalue weighted by Gasteiger charge is 2.25. The standard InChI is InChI=1S/C9H19N3O2/c1-3-11-8(13)9(14-2)12-6-4-10-5-7-12/h9-10H,3-7H2,1-2H3,(H,11,13). The fourth-order valence-electron chi connectivity index (χ4n) is 1.60. The maximum absolute atomic E-state index is 11.6. The average molecular weight is 201 g/mol. The summed E-state index contributed by atoms with van der Waals surface area (Å²) in [6, 6.07) is 0. The van der Waals surface area contributed by atoms with Gasteiger partial charge >= 0.3 is 0 Å². The van der Waals surface area contributed by atoms with Crippen LogP contribution in [0.15, 0.2) is 0 Å². The molecule has 0 aromatic carbocycles. The molecule has 1 aliphatic heterocycles. The summed E-state index contributed by atoms with van der Waals surface area (Å²) in [5.41, 5.74) is 0. The Balaban J connectivity index is 2.46. The lowest BCUT2D eigenvalue weighted by Crippen LogP contribution is -2.54. The molecule has 14 heavy (non-hydrogen) atoms. The lowest BCUT2D eigenvalue weighted by atomic mass is 10.3. The largest absolute Gasteiger partial charge is 0.357 e. The van der Waals surface area contributed by atoms with Crippen molar-refractivity contribution in [2.24, 2.45) is 0 Å². The second-order valence-electron chi connectivity index (χ2n) is 3.27. The number of carbonyl (C=O) groups excluding carboxylic acids is 1. The van der Waals surface area contributed by atoms with Gasteiger partial charge in [0.05, 0.1) is 0 Å². The first-order valence-electron chi connectivity index (χ1n) is 5.05. The number of hydrogen-bond acceptors (Lipinski definition) is 4. The van der Waals surface area contributed by atoms with Gasteiger partial charge in [0.1, 0.15) is 0 Å². The van der Waals surface area contributed by atoms with Gasteiger partial charge < -0.3 is 15.4 Å². The Morgan fingerprint density at radius 2 is 2.21 bits per heavy atom. The number of hydrogen-bond donors (Lipinski definition) is 2. The molecule has 1 saturated heterocycles. The van der Waals surface area contributed by atoms with Gasteiger partial charge in [-0.15, -0.1) is 0 Å². The number of ether oxygens (including phenoxy) is 1. The van der Waals surface area contributed by atoms with Crippen LogP contribution in [0.5, 0.6) is 0 Å². The van der Waals surface area contributed by atoms with Crippen molar-refractivity contribution >= 4 is 5.91 Å². The van der Waals surface area contributed by atoms with Gasteiger partial charge in [0.15, 0.2) is 6.23 Å². The number of amides is 1. The monoisotopic (exact) mass is 201 g/mol. The fourth-order valence-corrected chi connectivity index (χ4v) is 1.60. The molecule has 1 atom stereocenters. The number of nitrogens with zero attached hydrogens (tertiary/aromatic N) is 1. The molecule has 0 aliphatic carbocycles. The summed E-state index contributed by atoms with van der Waals surface area (Å²) >= 11 is 0. The summed E-state index contributed by atoms with van der Waals surface area (Å²) in [6.07, 6.45) is -0.433. The summed E-state index contributed by atoms with van der Waals surface area (Å²) in [7, 11) is 1.57. The van der Waals surface area contributed by atoms with E-state index >= 15 is 0 Å². The van der Waals surface area contributed by atoms with Crippen molar-refractivity contribution in [3.05, 3.63) is 0 Å². The highest BCUT2D eigenvalue weighted by atomic mass is 16.5. The predicted octanol–water partition coefficient (Wildman–Crippen LogP) is -1.000. The van der Waals surface area contributed by atoms with E-state index in [1.165, 1.54) is 0 Å². The first-order valence-corrected chi connectivity index (χ1v) is 5.05. The SMILES string of the molecule is CCNC(=O)C(OC)N1CCNCC1. The second-order valence-corrected chi connectivity index (χ2v) is 3.27. The van der Waals surface area contributed by atoms with Crippen molar-refractivity contribution in [1.29, 1.82) is 0 Å². The normalized spacial score (nSPS) is 20.4. The van der Waals surface area contributed by atoms with Crippen molar-refractivity contribution in [2.45, 2.75) is 13.2 Å². The van der Waals surface area contributed by atoms with Crippen LogP contribution >= 0.6 is 0 Å². The lowest BCUT2D eigenvalue weighted by molar-refractivity contribution is -0.143. The van der Waals surface area contributed by atoms with Crippen molar-refractivity contribution in [2.75, 3.05) is 39.8 Å². The Morgan fingerprint density at radius 1 is 1.57 bits per heavy atom. The number of carbonyl (C=O) groups is 1. The Kier molecular flexibility index (Phi) is 4.86. The van der Waals surface area contributed by atoms with Crippen molar-refractivity contribution in [3.8, 4) is 0 Å². The molecule has 0 radical (unpaired) electrons. The molecule has 1 heterocycles. The van der Waals surface area contributed by atoms with Crippen LogP contribution in [-0.4, -0.2) is 56.9 Å². The maximum Gasteiger partial charge on any atom is 0.264 e. The molecule has 0 spiro atoms. The van der Waals surface area contributed by atoms with Crippen LogP contribution in [0.25, 0.3) is 0 Å². The number of likely N-dealkylation sites (N-methyl/N-ethyl adjacent to an activating group) is 1. The van der Waals surface area contributed by atoms with Gasteiger partial charge in [0.25, 0.3) is 5.91 Å². The van der Waals surface area contributed by atoms with E-state index in [4.69, 9.17) is 4.74 Å². The molecule has 1 unspecified atom stereocenters. The molecule has 1 aliphatic rings. The zero-order valence-corrected chi connectivity index (χ0v) is 8.88. The van der Waals surface area contributed by atoms with Crippen LogP contribution in [0.3, 0.4) is 0 Å². The van der Waals surface area contributed by atoms with E-state index in [9.17, 15) is 4.79 Å². The van der Waals surface area contributed by atoms with E-state index in [1.807, 2.05) is 11.8 Å². The van der Waals surface area contributed by atoms with Crippen LogP contribution in [-0.2, 0) is 9.53 Å². The average Bonchev–Trinajstić information content (AvgIpc) is 2.21. The second kappa shape index (κ2) is 5.95. The Morgan fingerprint density at radius 3 is 2.71 bits per heavy atom. The number of rotatable bonds is 4. The van der Waals surface area contributed by atoms with Crippen molar-refractivity contribution < 1.29 is 9.53 Å². The molecule has 1 amide bonds. The van der Waals surface area contributed by atoms with E-state index < -0.39 is 6.23 Å². The Hall–Kier alpha value is -0.650. The van der Waals surface area contributed by atoms with Crippen LogP contribution in [0, 0.1) is 0 Å². The van der Waals surface area contributed by atoms with Gasteiger partial charge in [-0.1, -0.05) is 0 Å². The lowest BCUT2D eigenvalue weighted by Gasteiger charge is -2.32. The first-order chi connectivity index (χ1) is 6.79. The quantitative estimate of drug-likeness (QED) is 0.612. The topological polar surface area (TPSA) is 53.6 Å².